The van der Waals surface area contributed by atoms with Gasteiger partial charge in [0.25, 0.3) is 0 Å². The van der Waals surface area contributed by atoms with Crippen molar-refractivity contribution >= 4 is 17.5 Å². The Kier molecular flexibility index (Phi) is 5.48. The van der Waals surface area contributed by atoms with Crippen molar-refractivity contribution in [2.24, 2.45) is 0 Å². The Bertz CT molecular complexity index is 687. The summed E-state index contributed by atoms with van der Waals surface area (Å²) in [5.41, 5.74) is 1.03. The van der Waals surface area contributed by atoms with Gasteiger partial charge in [-0.1, -0.05) is 28.9 Å². The predicted molar refractivity (Wildman–Crippen MR) is 88.7 cm³/mol. The summed E-state index contributed by atoms with van der Waals surface area (Å²) in [6, 6.07) is 7.54. The van der Waals surface area contributed by atoms with E-state index in [1.165, 1.54) is 0 Å². The van der Waals surface area contributed by atoms with Gasteiger partial charge in [0, 0.05) is 24.5 Å². The fourth-order valence-electron chi connectivity index (χ4n) is 2.84. The first kappa shape index (κ1) is 16.9. The van der Waals surface area contributed by atoms with Gasteiger partial charge in [-0.05, 0) is 37.5 Å². The molecule has 0 aliphatic carbocycles. The second-order valence-electron chi connectivity index (χ2n) is 5.89. The summed E-state index contributed by atoms with van der Waals surface area (Å²) >= 11 is 5.92. The third-order valence-corrected chi connectivity index (χ3v) is 4.25. The zero-order chi connectivity index (χ0) is 16.9. The van der Waals surface area contributed by atoms with Crippen LogP contribution in [0.5, 0.6) is 0 Å². The topological polar surface area (TPSA) is 77.2 Å². The van der Waals surface area contributed by atoms with Crippen LogP contribution in [-0.4, -0.2) is 28.7 Å². The van der Waals surface area contributed by atoms with Crippen LogP contribution in [0.1, 0.15) is 42.6 Å². The Morgan fingerprint density at radius 1 is 1.38 bits per heavy atom. The smallest absolute Gasteiger partial charge is 0.226 e. The van der Waals surface area contributed by atoms with Crippen molar-refractivity contribution < 1.29 is 14.1 Å². The normalized spacial score (nSPS) is 20.2. The molecule has 0 radical (unpaired) electrons. The van der Waals surface area contributed by atoms with E-state index < -0.39 is 0 Å². The molecule has 0 unspecified atom stereocenters. The Morgan fingerprint density at radius 2 is 2.17 bits per heavy atom. The van der Waals surface area contributed by atoms with Crippen molar-refractivity contribution in [3.8, 4) is 0 Å². The number of nitrogens with zero attached hydrogens (tertiary/aromatic N) is 2. The van der Waals surface area contributed by atoms with E-state index >= 15 is 0 Å². The first-order valence-corrected chi connectivity index (χ1v) is 8.45. The second-order valence-corrected chi connectivity index (χ2v) is 6.33. The summed E-state index contributed by atoms with van der Waals surface area (Å²) < 4.78 is 10.8. The highest BCUT2D eigenvalue weighted by molar-refractivity contribution is 6.30. The minimum atomic E-state index is -0.121. The average molecular weight is 350 g/mol. The molecule has 6 nitrogen and oxygen atoms in total. The molecule has 24 heavy (non-hydrogen) atoms. The largest absolute Gasteiger partial charge is 0.371 e. The standard InChI is InChI=1S/C17H20ClN3O3/c1-11-19-16(24-21-11)4-2-3-15(22)20-14-9-10-23-17(14)12-5-7-13(18)8-6-12/h5-8,14,17H,2-4,9-10H2,1H3,(H,20,22)/t14-,17-/m1/s1. The van der Waals surface area contributed by atoms with E-state index in [1.807, 2.05) is 24.3 Å². The summed E-state index contributed by atoms with van der Waals surface area (Å²) in [7, 11) is 0. The average Bonchev–Trinajstić information content (AvgIpc) is 3.17. The zero-order valence-corrected chi connectivity index (χ0v) is 14.3. The number of aryl methyl sites for hydroxylation is 2. The molecule has 1 aromatic carbocycles. The maximum atomic E-state index is 12.2. The second kappa shape index (κ2) is 7.77. The maximum Gasteiger partial charge on any atom is 0.226 e. The molecule has 7 heteroatoms. The summed E-state index contributed by atoms with van der Waals surface area (Å²) in [5.74, 6) is 1.20. The predicted octanol–water partition coefficient (Wildman–Crippen LogP) is 3.00. The lowest BCUT2D eigenvalue weighted by atomic mass is 10.0. The minimum Gasteiger partial charge on any atom is -0.371 e. The Hall–Kier alpha value is -1.92. The lowest BCUT2D eigenvalue weighted by Gasteiger charge is -2.20. The summed E-state index contributed by atoms with van der Waals surface area (Å²) in [6.07, 6.45) is 2.39. The molecular formula is C17H20ClN3O3. The molecule has 128 valence electrons. The van der Waals surface area contributed by atoms with Crippen LogP contribution in [0.3, 0.4) is 0 Å². The van der Waals surface area contributed by atoms with Gasteiger partial charge in [0.15, 0.2) is 5.82 Å². The number of ether oxygens (including phenoxy) is 1. The third-order valence-electron chi connectivity index (χ3n) is 4.00. The van der Waals surface area contributed by atoms with Crippen LogP contribution in [0.15, 0.2) is 28.8 Å². The number of benzene rings is 1. The van der Waals surface area contributed by atoms with E-state index in [4.69, 9.17) is 20.9 Å². The number of carbonyl (C=O) groups excluding carboxylic acids is 1. The molecule has 3 rings (SSSR count). The molecular weight excluding hydrogens is 330 g/mol. The lowest BCUT2D eigenvalue weighted by Crippen LogP contribution is -2.36. The molecule has 1 amide bonds. The van der Waals surface area contributed by atoms with Crippen molar-refractivity contribution in [3.05, 3.63) is 46.6 Å². The Morgan fingerprint density at radius 3 is 2.88 bits per heavy atom. The van der Waals surface area contributed by atoms with Gasteiger partial charge in [-0.2, -0.15) is 4.98 Å². The molecule has 1 aromatic heterocycles. The molecule has 0 spiro atoms. The van der Waals surface area contributed by atoms with Crippen LogP contribution in [0.4, 0.5) is 0 Å². The van der Waals surface area contributed by atoms with Gasteiger partial charge in [-0.25, -0.2) is 0 Å². The van der Waals surface area contributed by atoms with Crippen LogP contribution >= 0.6 is 11.6 Å². The number of halogens is 1. The fraction of sp³-hybridized carbons (Fsp3) is 0.471. The van der Waals surface area contributed by atoms with Crippen molar-refractivity contribution in [2.75, 3.05) is 6.61 Å². The molecule has 1 fully saturated rings. The highest BCUT2D eigenvalue weighted by Gasteiger charge is 2.30. The van der Waals surface area contributed by atoms with E-state index in [1.54, 1.807) is 6.92 Å². The van der Waals surface area contributed by atoms with Crippen LogP contribution < -0.4 is 5.32 Å². The zero-order valence-electron chi connectivity index (χ0n) is 13.5. The van der Waals surface area contributed by atoms with E-state index in [0.717, 1.165) is 12.0 Å². The van der Waals surface area contributed by atoms with Crippen LogP contribution in [0.25, 0.3) is 0 Å². The van der Waals surface area contributed by atoms with Crippen molar-refractivity contribution in [2.45, 2.75) is 44.8 Å². The minimum absolute atomic E-state index is 0.00988. The Labute approximate surface area is 145 Å². The first-order chi connectivity index (χ1) is 11.6. The van der Waals surface area contributed by atoms with Gasteiger partial charge in [0.05, 0.1) is 6.04 Å². The first-order valence-electron chi connectivity index (χ1n) is 8.07. The maximum absolute atomic E-state index is 12.2. The number of hydrogen-bond donors (Lipinski definition) is 1. The van der Waals surface area contributed by atoms with E-state index in [-0.39, 0.29) is 18.1 Å². The number of nitrogens with one attached hydrogen (secondary N) is 1. The molecule has 2 heterocycles. The van der Waals surface area contributed by atoms with Crippen LogP contribution in [-0.2, 0) is 16.0 Å². The number of rotatable bonds is 6. The number of hydrogen-bond acceptors (Lipinski definition) is 5. The molecule has 1 aliphatic rings. The molecule has 2 aromatic rings. The van der Waals surface area contributed by atoms with Crippen molar-refractivity contribution in [3.63, 3.8) is 0 Å². The highest BCUT2D eigenvalue weighted by Crippen LogP contribution is 2.30. The molecule has 1 N–H and O–H groups in total. The number of aromatic nitrogens is 2. The van der Waals surface area contributed by atoms with Gasteiger partial charge >= 0.3 is 0 Å². The molecule has 1 aliphatic heterocycles. The highest BCUT2D eigenvalue weighted by atomic mass is 35.5. The van der Waals surface area contributed by atoms with Crippen LogP contribution in [0.2, 0.25) is 5.02 Å². The fourth-order valence-corrected chi connectivity index (χ4v) is 2.97. The third kappa shape index (κ3) is 4.33. The SMILES string of the molecule is Cc1noc(CCCC(=O)N[C@@H]2CCO[C@@H]2c2ccc(Cl)cc2)n1. The number of amides is 1. The van der Waals surface area contributed by atoms with E-state index in [9.17, 15) is 4.79 Å². The lowest BCUT2D eigenvalue weighted by molar-refractivity contribution is -0.122. The van der Waals surface area contributed by atoms with E-state index in [2.05, 4.69) is 15.5 Å². The molecule has 0 saturated carbocycles. The van der Waals surface area contributed by atoms with Gasteiger partial charge in [0.2, 0.25) is 11.8 Å². The quantitative estimate of drug-likeness (QED) is 0.867. The van der Waals surface area contributed by atoms with Gasteiger partial charge in [-0.3, -0.25) is 4.79 Å². The van der Waals surface area contributed by atoms with Gasteiger partial charge < -0.3 is 14.6 Å². The van der Waals surface area contributed by atoms with Crippen LogP contribution in [0, 0.1) is 6.92 Å². The Balaban J connectivity index is 1.48. The molecule has 1 saturated heterocycles. The van der Waals surface area contributed by atoms with Crippen molar-refractivity contribution in [1.29, 1.82) is 0 Å². The summed E-state index contributed by atoms with van der Waals surface area (Å²) in [5, 5.41) is 7.49. The van der Waals surface area contributed by atoms with Gasteiger partial charge in [-0.15, -0.1) is 0 Å². The monoisotopic (exact) mass is 349 g/mol. The van der Waals surface area contributed by atoms with E-state index in [0.29, 0.717) is 42.6 Å². The molecule has 0 bridgehead atoms. The summed E-state index contributed by atoms with van der Waals surface area (Å²) in [6.45, 7) is 2.41. The summed E-state index contributed by atoms with van der Waals surface area (Å²) in [4.78, 5) is 16.3. The van der Waals surface area contributed by atoms with Gasteiger partial charge in [0.1, 0.15) is 6.10 Å². The molecule has 2 atom stereocenters. The number of carbonyl (C=O) groups is 1. The van der Waals surface area contributed by atoms with Crippen molar-refractivity contribution in [1.82, 2.24) is 15.5 Å².